The van der Waals surface area contributed by atoms with Gasteiger partial charge in [0.15, 0.2) is 0 Å². The van der Waals surface area contributed by atoms with E-state index in [-0.39, 0.29) is 22.3 Å². The SMILES string of the molecule is CC(C)C(Br)C(=O)Nc1cc([N+](=O)[O-])ccc1Br. The Morgan fingerprint density at radius 2 is 2.06 bits per heavy atom. The van der Waals surface area contributed by atoms with Gasteiger partial charge in [-0.15, -0.1) is 0 Å². The number of amides is 1. The lowest BCUT2D eigenvalue weighted by Gasteiger charge is -2.14. The minimum absolute atomic E-state index is 0.0656. The summed E-state index contributed by atoms with van der Waals surface area (Å²) in [5.41, 5.74) is 0.323. The van der Waals surface area contributed by atoms with Crippen molar-refractivity contribution in [2.75, 3.05) is 5.32 Å². The van der Waals surface area contributed by atoms with Crippen LogP contribution in [0.2, 0.25) is 0 Å². The molecule has 0 radical (unpaired) electrons. The van der Waals surface area contributed by atoms with E-state index in [1.54, 1.807) is 0 Å². The van der Waals surface area contributed by atoms with Crippen LogP contribution in [0.15, 0.2) is 22.7 Å². The first-order chi connectivity index (χ1) is 8.32. The number of carbonyl (C=O) groups is 1. The van der Waals surface area contributed by atoms with Crippen LogP contribution in [0.4, 0.5) is 11.4 Å². The Kier molecular flexibility index (Phi) is 5.28. The third-order valence-corrected chi connectivity index (χ3v) is 4.42. The second-order valence-electron chi connectivity index (χ2n) is 4.06. The van der Waals surface area contributed by atoms with Crippen molar-refractivity contribution in [2.45, 2.75) is 18.7 Å². The highest BCUT2D eigenvalue weighted by Gasteiger charge is 2.20. The van der Waals surface area contributed by atoms with Crippen LogP contribution in [0, 0.1) is 16.0 Å². The third-order valence-electron chi connectivity index (χ3n) is 2.25. The Morgan fingerprint density at radius 1 is 1.44 bits per heavy atom. The molecule has 0 bridgehead atoms. The largest absolute Gasteiger partial charge is 0.324 e. The molecule has 0 heterocycles. The molecule has 1 aromatic carbocycles. The lowest BCUT2D eigenvalue weighted by Crippen LogP contribution is -2.27. The van der Waals surface area contributed by atoms with E-state index in [1.807, 2.05) is 13.8 Å². The van der Waals surface area contributed by atoms with Crippen LogP contribution in [0.25, 0.3) is 0 Å². The third kappa shape index (κ3) is 3.78. The smallest absolute Gasteiger partial charge is 0.271 e. The average molecular weight is 380 g/mol. The summed E-state index contributed by atoms with van der Waals surface area (Å²) in [6, 6.07) is 4.22. The van der Waals surface area contributed by atoms with E-state index in [0.717, 1.165) is 0 Å². The van der Waals surface area contributed by atoms with Gasteiger partial charge in [0, 0.05) is 16.6 Å². The predicted octanol–water partition coefficient (Wildman–Crippen LogP) is 3.72. The quantitative estimate of drug-likeness (QED) is 0.492. The van der Waals surface area contributed by atoms with E-state index in [4.69, 9.17) is 0 Å². The number of nitrogens with zero attached hydrogens (tertiary/aromatic N) is 1. The lowest BCUT2D eigenvalue weighted by molar-refractivity contribution is -0.384. The van der Waals surface area contributed by atoms with E-state index in [0.29, 0.717) is 10.2 Å². The fourth-order valence-corrected chi connectivity index (χ4v) is 1.69. The summed E-state index contributed by atoms with van der Waals surface area (Å²) < 4.78 is 0.602. The molecule has 0 spiro atoms. The van der Waals surface area contributed by atoms with Crippen molar-refractivity contribution in [3.8, 4) is 0 Å². The number of rotatable bonds is 4. The number of hydrogen-bond donors (Lipinski definition) is 1. The van der Waals surface area contributed by atoms with Gasteiger partial charge in [-0.25, -0.2) is 0 Å². The maximum Gasteiger partial charge on any atom is 0.271 e. The maximum absolute atomic E-state index is 11.8. The van der Waals surface area contributed by atoms with Gasteiger partial charge >= 0.3 is 0 Å². The highest BCUT2D eigenvalue weighted by Crippen LogP contribution is 2.28. The molecular formula is C11H12Br2N2O3. The van der Waals surface area contributed by atoms with E-state index >= 15 is 0 Å². The number of hydrogen-bond acceptors (Lipinski definition) is 3. The summed E-state index contributed by atoms with van der Waals surface area (Å²) in [6.45, 7) is 3.81. The van der Waals surface area contributed by atoms with Crippen molar-refractivity contribution in [2.24, 2.45) is 5.92 Å². The number of nitrogens with one attached hydrogen (secondary N) is 1. The average Bonchev–Trinajstić information content (AvgIpc) is 2.30. The molecule has 0 aliphatic heterocycles. The predicted molar refractivity (Wildman–Crippen MR) is 77.0 cm³/mol. The minimum Gasteiger partial charge on any atom is -0.324 e. The zero-order valence-electron chi connectivity index (χ0n) is 9.81. The molecule has 0 aliphatic rings. The minimum atomic E-state index is -0.504. The second kappa shape index (κ2) is 6.29. The molecule has 7 heteroatoms. The lowest BCUT2D eigenvalue weighted by atomic mass is 10.1. The van der Waals surface area contributed by atoms with Gasteiger partial charge in [0.1, 0.15) is 0 Å². The molecule has 0 aromatic heterocycles. The monoisotopic (exact) mass is 378 g/mol. The Balaban J connectivity index is 2.93. The molecule has 5 nitrogen and oxygen atoms in total. The Labute approximate surface area is 121 Å². The topological polar surface area (TPSA) is 72.2 Å². The van der Waals surface area contributed by atoms with Crippen molar-refractivity contribution in [1.82, 2.24) is 0 Å². The maximum atomic E-state index is 11.8. The fourth-order valence-electron chi connectivity index (χ4n) is 1.23. The molecule has 1 rings (SSSR count). The summed E-state index contributed by atoms with van der Waals surface area (Å²) >= 11 is 6.52. The standard InChI is InChI=1S/C11H12Br2N2O3/c1-6(2)10(13)11(16)14-9-5-7(15(17)18)3-4-8(9)12/h3-6,10H,1-2H3,(H,14,16). The first-order valence-corrected chi connectivity index (χ1v) is 6.92. The van der Waals surface area contributed by atoms with Gasteiger partial charge < -0.3 is 5.32 Å². The molecule has 0 fully saturated rings. The zero-order valence-corrected chi connectivity index (χ0v) is 13.0. The Hall–Kier alpha value is -0.950. The molecule has 1 unspecified atom stereocenters. The Bertz CT molecular complexity index is 477. The summed E-state index contributed by atoms with van der Waals surface area (Å²) in [7, 11) is 0. The summed E-state index contributed by atoms with van der Waals surface area (Å²) in [4.78, 5) is 21.7. The first-order valence-electron chi connectivity index (χ1n) is 5.21. The van der Waals surface area contributed by atoms with Gasteiger partial charge in [0.25, 0.3) is 5.69 Å². The molecule has 0 saturated heterocycles. The number of halogens is 2. The highest BCUT2D eigenvalue weighted by atomic mass is 79.9. The molecule has 1 N–H and O–H groups in total. The number of non-ortho nitro benzene ring substituents is 1. The van der Waals surface area contributed by atoms with Crippen molar-refractivity contribution >= 4 is 49.1 Å². The Morgan fingerprint density at radius 3 is 2.56 bits per heavy atom. The van der Waals surface area contributed by atoms with E-state index < -0.39 is 4.92 Å². The molecule has 18 heavy (non-hydrogen) atoms. The van der Waals surface area contributed by atoms with Crippen LogP contribution >= 0.6 is 31.9 Å². The molecule has 0 aliphatic carbocycles. The van der Waals surface area contributed by atoms with E-state index in [9.17, 15) is 14.9 Å². The fraction of sp³-hybridized carbons (Fsp3) is 0.364. The molecule has 1 atom stereocenters. The van der Waals surface area contributed by atoms with E-state index in [1.165, 1.54) is 18.2 Å². The van der Waals surface area contributed by atoms with Gasteiger partial charge in [0.05, 0.1) is 15.4 Å². The van der Waals surface area contributed by atoms with Gasteiger partial charge in [-0.2, -0.15) is 0 Å². The molecule has 0 saturated carbocycles. The van der Waals surface area contributed by atoms with Crippen LogP contribution in [0.1, 0.15) is 13.8 Å². The van der Waals surface area contributed by atoms with Crippen LogP contribution in [-0.4, -0.2) is 15.7 Å². The van der Waals surface area contributed by atoms with Gasteiger partial charge in [-0.3, -0.25) is 14.9 Å². The number of benzene rings is 1. The summed E-state index contributed by atoms with van der Waals surface area (Å²) in [5, 5.41) is 13.3. The number of carbonyl (C=O) groups excluding carboxylic acids is 1. The molecule has 98 valence electrons. The number of anilines is 1. The van der Waals surface area contributed by atoms with Crippen molar-refractivity contribution in [3.05, 3.63) is 32.8 Å². The van der Waals surface area contributed by atoms with Crippen LogP contribution < -0.4 is 5.32 Å². The highest BCUT2D eigenvalue weighted by molar-refractivity contribution is 9.10. The summed E-state index contributed by atoms with van der Waals surface area (Å²) in [6.07, 6.45) is 0. The second-order valence-corrected chi connectivity index (χ2v) is 5.90. The zero-order chi connectivity index (χ0) is 13.9. The van der Waals surface area contributed by atoms with Crippen LogP contribution in [-0.2, 0) is 4.79 Å². The van der Waals surface area contributed by atoms with Crippen molar-refractivity contribution < 1.29 is 9.72 Å². The number of nitro groups is 1. The summed E-state index contributed by atoms with van der Waals surface area (Å²) in [5.74, 6) is -0.103. The van der Waals surface area contributed by atoms with Gasteiger partial charge in [-0.05, 0) is 27.9 Å². The normalized spacial score (nSPS) is 12.3. The number of alkyl halides is 1. The van der Waals surface area contributed by atoms with Crippen molar-refractivity contribution in [1.29, 1.82) is 0 Å². The molecular weight excluding hydrogens is 368 g/mol. The molecule has 1 aromatic rings. The first kappa shape index (κ1) is 15.1. The van der Waals surface area contributed by atoms with E-state index in [2.05, 4.69) is 37.2 Å². The molecule has 1 amide bonds. The van der Waals surface area contributed by atoms with Gasteiger partial charge in [-0.1, -0.05) is 29.8 Å². The van der Waals surface area contributed by atoms with Crippen LogP contribution in [0.5, 0.6) is 0 Å². The van der Waals surface area contributed by atoms with Crippen molar-refractivity contribution in [3.63, 3.8) is 0 Å². The van der Waals surface area contributed by atoms with Crippen LogP contribution in [0.3, 0.4) is 0 Å². The van der Waals surface area contributed by atoms with Gasteiger partial charge in [0.2, 0.25) is 5.91 Å². The number of nitro benzene ring substituents is 1.